The van der Waals surface area contributed by atoms with Gasteiger partial charge in [0.1, 0.15) is 10.8 Å². The molecule has 104 valence electrons. The SMILES string of the molecule is C[C@@H](Oc1cccc(Cl)c1Cl)C(=O)N1CC[C@@H](N)C1. The molecule has 1 aromatic rings. The Labute approximate surface area is 122 Å². The van der Waals surface area contributed by atoms with Crippen LogP contribution >= 0.6 is 23.2 Å². The fourth-order valence-corrected chi connectivity index (χ4v) is 2.40. The smallest absolute Gasteiger partial charge is 0.263 e. The molecule has 6 heteroatoms. The highest BCUT2D eigenvalue weighted by Gasteiger charge is 2.28. The van der Waals surface area contributed by atoms with Crippen molar-refractivity contribution in [3.8, 4) is 5.75 Å². The predicted octanol–water partition coefficient (Wildman–Crippen LogP) is 2.32. The van der Waals surface area contributed by atoms with Crippen LogP contribution in [0.4, 0.5) is 0 Å². The third-order valence-electron chi connectivity index (χ3n) is 3.10. The molecule has 1 saturated heterocycles. The number of likely N-dealkylation sites (tertiary alicyclic amines) is 1. The normalized spacial score (nSPS) is 20.4. The largest absolute Gasteiger partial charge is 0.479 e. The number of halogens is 2. The first-order valence-corrected chi connectivity index (χ1v) is 6.89. The summed E-state index contributed by atoms with van der Waals surface area (Å²) in [5.41, 5.74) is 5.79. The Balaban J connectivity index is 2.02. The lowest BCUT2D eigenvalue weighted by Gasteiger charge is -2.22. The summed E-state index contributed by atoms with van der Waals surface area (Å²) in [6.45, 7) is 2.95. The first-order chi connectivity index (χ1) is 8.99. The average Bonchev–Trinajstić information content (AvgIpc) is 2.80. The van der Waals surface area contributed by atoms with Gasteiger partial charge in [-0.2, -0.15) is 0 Å². The molecule has 2 rings (SSSR count). The van der Waals surface area contributed by atoms with E-state index < -0.39 is 6.10 Å². The van der Waals surface area contributed by atoms with Gasteiger partial charge in [-0.3, -0.25) is 4.79 Å². The number of nitrogens with two attached hydrogens (primary N) is 1. The van der Waals surface area contributed by atoms with E-state index in [0.717, 1.165) is 6.42 Å². The van der Waals surface area contributed by atoms with Gasteiger partial charge in [-0.1, -0.05) is 29.3 Å². The third kappa shape index (κ3) is 3.32. The Hall–Kier alpha value is -0.970. The minimum absolute atomic E-state index is 0.0610. The fraction of sp³-hybridized carbons (Fsp3) is 0.462. The summed E-state index contributed by atoms with van der Waals surface area (Å²) < 4.78 is 5.59. The van der Waals surface area contributed by atoms with Gasteiger partial charge in [-0.05, 0) is 25.5 Å². The van der Waals surface area contributed by atoms with Crippen molar-refractivity contribution in [1.82, 2.24) is 4.90 Å². The van der Waals surface area contributed by atoms with E-state index in [4.69, 9.17) is 33.7 Å². The standard InChI is InChI=1S/C13H16Cl2N2O2/c1-8(13(18)17-6-5-9(16)7-17)19-11-4-2-3-10(14)12(11)15/h2-4,8-9H,5-7,16H2,1H3/t8-,9-/m1/s1. The van der Waals surface area contributed by atoms with Gasteiger partial charge in [-0.15, -0.1) is 0 Å². The molecule has 1 aliphatic rings. The number of hydrogen-bond donors (Lipinski definition) is 1. The van der Waals surface area contributed by atoms with Gasteiger partial charge >= 0.3 is 0 Å². The number of ether oxygens (including phenoxy) is 1. The van der Waals surface area contributed by atoms with E-state index in [1.54, 1.807) is 30.0 Å². The highest BCUT2D eigenvalue weighted by molar-refractivity contribution is 6.42. The van der Waals surface area contributed by atoms with Gasteiger partial charge in [0.05, 0.1) is 5.02 Å². The van der Waals surface area contributed by atoms with Crippen molar-refractivity contribution in [2.75, 3.05) is 13.1 Å². The summed E-state index contributed by atoms with van der Waals surface area (Å²) >= 11 is 11.9. The van der Waals surface area contributed by atoms with E-state index in [2.05, 4.69) is 0 Å². The maximum Gasteiger partial charge on any atom is 0.263 e. The molecular weight excluding hydrogens is 287 g/mol. The maximum atomic E-state index is 12.2. The van der Waals surface area contributed by atoms with Gasteiger partial charge in [0.15, 0.2) is 6.10 Å². The quantitative estimate of drug-likeness (QED) is 0.932. The number of nitrogens with zero attached hydrogens (tertiary/aromatic N) is 1. The molecule has 2 atom stereocenters. The Kier molecular flexibility index (Phi) is 4.55. The van der Waals surface area contributed by atoms with Crippen molar-refractivity contribution >= 4 is 29.1 Å². The minimum Gasteiger partial charge on any atom is -0.479 e. The van der Waals surface area contributed by atoms with Crippen LogP contribution in [0.1, 0.15) is 13.3 Å². The van der Waals surface area contributed by atoms with Crippen molar-refractivity contribution in [3.63, 3.8) is 0 Å². The molecule has 0 aliphatic carbocycles. The lowest BCUT2D eigenvalue weighted by Crippen LogP contribution is -2.40. The van der Waals surface area contributed by atoms with E-state index in [0.29, 0.717) is 28.9 Å². The van der Waals surface area contributed by atoms with Crippen LogP contribution in [0.5, 0.6) is 5.75 Å². The molecular formula is C13H16Cl2N2O2. The maximum absolute atomic E-state index is 12.2. The van der Waals surface area contributed by atoms with E-state index in [-0.39, 0.29) is 11.9 Å². The second-order valence-electron chi connectivity index (χ2n) is 4.65. The van der Waals surface area contributed by atoms with E-state index in [1.807, 2.05) is 0 Å². The van der Waals surface area contributed by atoms with Crippen LogP contribution in [0.25, 0.3) is 0 Å². The molecule has 1 aliphatic heterocycles. The molecule has 0 radical (unpaired) electrons. The van der Waals surface area contributed by atoms with Gasteiger partial charge in [-0.25, -0.2) is 0 Å². The number of carbonyl (C=O) groups excluding carboxylic acids is 1. The van der Waals surface area contributed by atoms with Crippen molar-refractivity contribution in [3.05, 3.63) is 28.2 Å². The third-order valence-corrected chi connectivity index (χ3v) is 3.91. The molecule has 19 heavy (non-hydrogen) atoms. The topological polar surface area (TPSA) is 55.6 Å². The number of benzene rings is 1. The average molecular weight is 303 g/mol. The second kappa shape index (κ2) is 5.99. The van der Waals surface area contributed by atoms with Crippen LogP contribution in [-0.4, -0.2) is 36.0 Å². The highest BCUT2D eigenvalue weighted by Crippen LogP contribution is 2.32. The molecule has 1 heterocycles. The van der Waals surface area contributed by atoms with Gasteiger partial charge in [0.25, 0.3) is 5.91 Å². The molecule has 0 aromatic heterocycles. The van der Waals surface area contributed by atoms with E-state index >= 15 is 0 Å². The summed E-state index contributed by atoms with van der Waals surface area (Å²) in [6, 6.07) is 5.15. The fourth-order valence-electron chi connectivity index (χ4n) is 2.06. The first kappa shape index (κ1) is 14.4. The second-order valence-corrected chi connectivity index (χ2v) is 5.43. The molecule has 2 N–H and O–H groups in total. The van der Waals surface area contributed by atoms with Crippen molar-refractivity contribution < 1.29 is 9.53 Å². The van der Waals surface area contributed by atoms with Gasteiger partial charge < -0.3 is 15.4 Å². The van der Waals surface area contributed by atoms with Crippen LogP contribution in [0, 0.1) is 0 Å². The van der Waals surface area contributed by atoms with Gasteiger partial charge in [0, 0.05) is 19.1 Å². The van der Waals surface area contributed by atoms with Crippen LogP contribution in [0.15, 0.2) is 18.2 Å². The van der Waals surface area contributed by atoms with Crippen LogP contribution in [0.2, 0.25) is 10.0 Å². The van der Waals surface area contributed by atoms with Crippen molar-refractivity contribution in [1.29, 1.82) is 0 Å². The Morgan fingerprint density at radius 3 is 2.89 bits per heavy atom. The lowest BCUT2D eigenvalue weighted by atomic mass is 10.3. The van der Waals surface area contributed by atoms with Crippen molar-refractivity contribution in [2.45, 2.75) is 25.5 Å². The first-order valence-electron chi connectivity index (χ1n) is 6.14. The minimum atomic E-state index is -0.610. The van der Waals surface area contributed by atoms with Crippen molar-refractivity contribution in [2.24, 2.45) is 5.73 Å². The Morgan fingerprint density at radius 2 is 2.26 bits per heavy atom. The van der Waals surface area contributed by atoms with E-state index in [9.17, 15) is 4.79 Å². The molecule has 4 nitrogen and oxygen atoms in total. The van der Waals surface area contributed by atoms with Crippen LogP contribution < -0.4 is 10.5 Å². The highest BCUT2D eigenvalue weighted by atomic mass is 35.5. The molecule has 0 unspecified atom stereocenters. The molecule has 0 bridgehead atoms. The van der Waals surface area contributed by atoms with Crippen LogP contribution in [0.3, 0.4) is 0 Å². The zero-order valence-electron chi connectivity index (χ0n) is 10.6. The summed E-state index contributed by atoms with van der Waals surface area (Å²) in [5, 5.41) is 0.726. The molecule has 1 amide bonds. The predicted molar refractivity (Wildman–Crippen MR) is 75.7 cm³/mol. The zero-order chi connectivity index (χ0) is 14.0. The molecule has 1 fully saturated rings. The van der Waals surface area contributed by atoms with Crippen LogP contribution in [-0.2, 0) is 4.79 Å². The molecule has 0 spiro atoms. The van der Waals surface area contributed by atoms with Gasteiger partial charge in [0.2, 0.25) is 0 Å². The number of carbonyl (C=O) groups is 1. The number of hydrogen-bond acceptors (Lipinski definition) is 3. The number of amides is 1. The Morgan fingerprint density at radius 1 is 1.53 bits per heavy atom. The summed E-state index contributed by atoms with van der Waals surface area (Å²) in [4.78, 5) is 13.9. The monoisotopic (exact) mass is 302 g/mol. The zero-order valence-corrected chi connectivity index (χ0v) is 12.1. The summed E-state index contributed by atoms with van der Waals surface area (Å²) in [5.74, 6) is 0.336. The summed E-state index contributed by atoms with van der Waals surface area (Å²) in [6.07, 6.45) is 0.220. The Bertz CT molecular complexity index is 482. The molecule has 0 saturated carbocycles. The summed E-state index contributed by atoms with van der Waals surface area (Å²) in [7, 11) is 0. The van der Waals surface area contributed by atoms with E-state index in [1.165, 1.54) is 0 Å². The number of rotatable bonds is 3. The lowest BCUT2D eigenvalue weighted by molar-refractivity contribution is -0.136. The molecule has 1 aromatic carbocycles.